The molecule has 24 heavy (non-hydrogen) atoms. The third kappa shape index (κ3) is 3.75. The predicted octanol–water partition coefficient (Wildman–Crippen LogP) is 3.70. The van der Waals surface area contributed by atoms with Crippen LogP contribution in [0.2, 0.25) is 0 Å². The molecule has 0 aliphatic heterocycles. The first-order valence-corrected chi connectivity index (χ1v) is 8.99. The quantitative estimate of drug-likeness (QED) is 0.712. The number of aliphatic hydroxyl groups excluding tert-OH is 1. The van der Waals surface area contributed by atoms with Crippen molar-refractivity contribution in [3.05, 3.63) is 65.2 Å². The molecule has 0 saturated carbocycles. The molecule has 1 atom stereocenters. The molecule has 0 aliphatic rings. The molecule has 126 valence electrons. The van der Waals surface area contributed by atoms with Crippen LogP contribution in [0, 0.1) is 0 Å². The molecule has 4 nitrogen and oxygen atoms in total. The predicted molar refractivity (Wildman–Crippen MR) is 98.9 cm³/mol. The summed E-state index contributed by atoms with van der Waals surface area (Å²) < 4.78 is 1.88. The molecule has 1 unspecified atom stereocenters. The number of hydrogen-bond donors (Lipinski definition) is 1. The lowest BCUT2D eigenvalue weighted by Crippen LogP contribution is -2.25. The lowest BCUT2D eigenvalue weighted by atomic mass is 10.0. The second-order valence-corrected chi connectivity index (χ2v) is 6.96. The summed E-state index contributed by atoms with van der Waals surface area (Å²) in [6.07, 6.45) is 2.81. The summed E-state index contributed by atoms with van der Waals surface area (Å²) in [5, 5.41) is 16.2. The molecule has 3 aromatic rings. The number of rotatable bonds is 7. The van der Waals surface area contributed by atoms with E-state index >= 15 is 0 Å². The molecule has 3 rings (SSSR count). The lowest BCUT2D eigenvalue weighted by Gasteiger charge is -2.28. The van der Waals surface area contributed by atoms with E-state index in [0.29, 0.717) is 0 Å². The van der Waals surface area contributed by atoms with Crippen LogP contribution in [-0.2, 0) is 13.6 Å². The van der Waals surface area contributed by atoms with Crippen molar-refractivity contribution < 1.29 is 5.11 Å². The fraction of sp³-hybridized carbons (Fsp3) is 0.316. The van der Waals surface area contributed by atoms with Crippen molar-refractivity contribution in [2.45, 2.75) is 19.0 Å². The number of aromatic nitrogens is 2. The molecule has 2 aromatic heterocycles. The minimum Gasteiger partial charge on any atom is -0.396 e. The van der Waals surface area contributed by atoms with E-state index in [9.17, 15) is 5.11 Å². The van der Waals surface area contributed by atoms with Crippen LogP contribution in [0.1, 0.15) is 23.6 Å². The minimum atomic E-state index is 0.175. The van der Waals surface area contributed by atoms with Gasteiger partial charge >= 0.3 is 0 Å². The molecule has 5 heteroatoms. The smallest absolute Gasteiger partial charge is 0.107 e. The van der Waals surface area contributed by atoms with Crippen molar-refractivity contribution in [1.29, 1.82) is 0 Å². The second kappa shape index (κ2) is 7.75. The Kier molecular flexibility index (Phi) is 5.45. The van der Waals surface area contributed by atoms with Gasteiger partial charge in [-0.3, -0.25) is 9.58 Å². The zero-order chi connectivity index (χ0) is 16.9. The van der Waals surface area contributed by atoms with Gasteiger partial charge in [-0.25, -0.2) is 0 Å². The molecule has 0 fully saturated rings. The van der Waals surface area contributed by atoms with Gasteiger partial charge in [0.05, 0.1) is 4.88 Å². The van der Waals surface area contributed by atoms with Gasteiger partial charge in [-0.05, 0) is 30.5 Å². The van der Waals surface area contributed by atoms with Crippen LogP contribution in [-0.4, -0.2) is 33.4 Å². The van der Waals surface area contributed by atoms with E-state index in [1.54, 1.807) is 11.3 Å². The van der Waals surface area contributed by atoms with Crippen LogP contribution in [0.5, 0.6) is 0 Å². The lowest BCUT2D eigenvalue weighted by molar-refractivity contribution is 0.180. The van der Waals surface area contributed by atoms with Crippen LogP contribution in [0.3, 0.4) is 0 Å². The first-order chi connectivity index (χ1) is 11.7. The van der Waals surface area contributed by atoms with Gasteiger partial charge in [0, 0.05) is 38.0 Å². The van der Waals surface area contributed by atoms with Crippen molar-refractivity contribution in [1.82, 2.24) is 14.7 Å². The van der Waals surface area contributed by atoms with E-state index < -0.39 is 0 Å². The van der Waals surface area contributed by atoms with Crippen LogP contribution in [0.25, 0.3) is 10.6 Å². The highest BCUT2D eigenvalue weighted by Gasteiger charge is 2.19. The first kappa shape index (κ1) is 16.9. The third-order valence-corrected chi connectivity index (χ3v) is 5.07. The van der Waals surface area contributed by atoms with E-state index in [2.05, 4.69) is 65.0 Å². The maximum absolute atomic E-state index is 9.48. The molecular formula is C19H23N3OS. The average Bonchev–Trinajstić information content (AvgIpc) is 3.23. The molecule has 0 saturated heterocycles. The van der Waals surface area contributed by atoms with E-state index in [1.165, 1.54) is 16.0 Å². The molecule has 0 bridgehead atoms. The van der Waals surface area contributed by atoms with E-state index in [1.807, 2.05) is 17.8 Å². The van der Waals surface area contributed by atoms with Crippen LogP contribution in [0.4, 0.5) is 0 Å². The standard InChI is InChI=1S/C19H23N3OS/c1-21(17(10-11-23)15-7-4-3-5-8-15)13-16-14-22(2)20-19(16)18-9-6-12-24-18/h3-9,12,14,17,23H,10-11,13H2,1-2H3. The van der Waals surface area contributed by atoms with Crippen LogP contribution < -0.4 is 0 Å². The summed E-state index contributed by atoms with van der Waals surface area (Å²) in [6, 6.07) is 14.7. The summed E-state index contributed by atoms with van der Waals surface area (Å²) in [7, 11) is 4.07. The largest absolute Gasteiger partial charge is 0.396 e. The van der Waals surface area contributed by atoms with E-state index in [-0.39, 0.29) is 12.6 Å². The zero-order valence-corrected chi connectivity index (χ0v) is 14.9. The Bertz CT molecular complexity index is 752. The summed E-state index contributed by atoms with van der Waals surface area (Å²) in [6.45, 7) is 0.968. The third-order valence-electron chi connectivity index (χ3n) is 4.20. The Hall–Kier alpha value is -1.95. The van der Waals surface area contributed by atoms with Crippen LogP contribution >= 0.6 is 11.3 Å². The van der Waals surface area contributed by atoms with Crippen LogP contribution in [0.15, 0.2) is 54.0 Å². The van der Waals surface area contributed by atoms with Crippen molar-refractivity contribution in [3.8, 4) is 10.6 Å². The van der Waals surface area contributed by atoms with Gasteiger partial charge in [0.15, 0.2) is 0 Å². The number of nitrogens with zero attached hydrogens (tertiary/aromatic N) is 3. The molecule has 1 aromatic carbocycles. The Morgan fingerprint density at radius 2 is 2.00 bits per heavy atom. The highest BCUT2D eigenvalue weighted by Crippen LogP contribution is 2.30. The van der Waals surface area contributed by atoms with Gasteiger partial charge < -0.3 is 5.11 Å². The molecule has 0 aliphatic carbocycles. The number of benzene rings is 1. The first-order valence-electron chi connectivity index (χ1n) is 8.11. The fourth-order valence-electron chi connectivity index (χ4n) is 3.09. The van der Waals surface area contributed by atoms with Gasteiger partial charge in [-0.15, -0.1) is 11.3 Å². The van der Waals surface area contributed by atoms with Crippen molar-refractivity contribution in [2.75, 3.05) is 13.7 Å². The van der Waals surface area contributed by atoms with Gasteiger partial charge in [0.1, 0.15) is 5.69 Å². The topological polar surface area (TPSA) is 41.3 Å². The van der Waals surface area contributed by atoms with Crippen molar-refractivity contribution in [2.24, 2.45) is 7.05 Å². The fourth-order valence-corrected chi connectivity index (χ4v) is 3.84. The molecular weight excluding hydrogens is 318 g/mol. The summed E-state index contributed by atoms with van der Waals surface area (Å²) >= 11 is 1.71. The number of aryl methyl sites for hydroxylation is 1. The van der Waals surface area contributed by atoms with E-state index in [4.69, 9.17) is 0 Å². The Labute approximate surface area is 147 Å². The second-order valence-electron chi connectivity index (χ2n) is 6.01. The Morgan fingerprint density at radius 1 is 1.21 bits per heavy atom. The van der Waals surface area contributed by atoms with E-state index in [0.717, 1.165) is 18.7 Å². The maximum atomic E-state index is 9.48. The molecule has 0 radical (unpaired) electrons. The summed E-state index contributed by atoms with van der Waals surface area (Å²) in [5.41, 5.74) is 3.49. The van der Waals surface area contributed by atoms with Crippen molar-refractivity contribution in [3.63, 3.8) is 0 Å². The number of hydrogen-bond acceptors (Lipinski definition) is 4. The molecule has 1 N–H and O–H groups in total. The van der Waals surface area contributed by atoms with Gasteiger partial charge in [0.2, 0.25) is 0 Å². The minimum absolute atomic E-state index is 0.175. The SMILES string of the molecule is CN(Cc1cn(C)nc1-c1cccs1)C(CCO)c1ccccc1. The molecule has 0 amide bonds. The average molecular weight is 341 g/mol. The Balaban J connectivity index is 1.84. The normalized spacial score (nSPS) is 12.7. The zero-order valence-electron chi connectivity index (χ0n) is 14.1. The van der Waals surface area contributed by atoms with Gasteiger partial charge in [-0.1, -0.05) is 36.4 Å². The summed E-state index contributed by atoms with van der Waals surface area (Å²) in [5.74, 6) is 0. The molecule has 2 heterocycles. The summed E-state index contributed by atoms with van der Waals surface area (Å²) in [4.78, 5) is 3.48. The van der Waals surface area contributed by atoms with Gasteiger partial charge in [-0.2, -0.15) is 5.10 Å². The molecule has 0 spiro atoms. The van der Waals surface area contributed by atoms with Crippen molar-refractivity contribution >= 4 is 11.3 Å². The van der Waals surface area contributed by atoms with Gasteiger partial charge in [0.25, 0.3) is 0 Å². The maximum Gasteiger partial charge on any atom is 0.107 e. The Morgan fingerprint density at radius 3 is 2.67 bits per heavy atom. The number of aliphatic hydroxyl groups is 1. The number of thiophene rings is 1. The monoisotopic (exact) mass is 341 g/mol. The highest BCUT2D eigenvalue weighted by molar-refractivity contribution is 7.13. The highest BCUT2D eigenvalue weighted by atomic mass is 32.1.